The van der Waals surface area contributed by atoms with Crippen LogP contribution in [0.4, 0.5) is 5.69 Å². The van der Waals surface area contributed by atoms with Gasteiger partial charge in [-0.05, 0) is 60.2 Å². The largest absolute Gasteiger partial charge is 0.326 e. The van der Waals surface area contributed by atoms with Crippen molar-refractivity contribution >= 4 is 50.9 Å². The van der Waals surface area contributed by atoms with Crippen molar-refractivity contribution in [3.63, 3.8) is 0 Å². The van der Waals surface area contributed by atoms with Gasteiger partial charge in [0, 0.05) is 15.2 Å². The van der Waals surface area contributed by atoms with Crippen LogP contribution in [-0.2, 0) is 14.4 Å². The third kappa shape index (κ3) is 3.62. The summed E-state index contributed by atoms with van der Waals surface area (Å²) in [6.07, 6.45) is 5.00. The number of anilines is 1. The molecule has 1 aliphatic heterocycles. The number of halogens is 2. The number of amides is 3. The molecule has 2 bridgehead atoms. The minimum atomic E-state index is -0.658. The third-order valence-corrected chi connectivity index (χ3v) is 7.30. The molecular formula is C24H20BrClN2O3. The van der Waals surface area contributed by atoms with Crippen molar-refractivity contribution in [2.75, 3.05) is 5.32 Å². The molecule has 2 aromatic rings. The Morgan fingerprint density at radius 1 is 1.06 bits per heavy atom. The van der Waals surface area contributed by atoms with E-state index in [0.717, 1.165) is 16.5 Å². The van der Waals surface area contributed by atoms with Crippen LogP contribution in [0.25, 0.3) is 0 Å². The molecule has 0 radical (unpaired) electrons. The molecule has 5 rings (SSSR count). The number of imide groups is 1. The molecule has 0 aromatic heterocycles. The zero-order valence-corrected chi connectivity index (χ0v) is 18.8. The van der Waals surface area contributed by atoms with Gasteiger partial charge in [-0.15, -0.1) is 0 Å². The second-order valence-corrected chi connectivity index (χ2v) is 9.73. The Bertz CT molecular complexity index is 1070. The first-order valence-electron chi connectivity index (χ1n) is 10.3. The van der Waals surface area contributed by atoms with Crippen molar-refractivity contribution in [2.24, 2.45) is 23.7 Å². The van der Waals surface area contributed by atoms with Gasteiger partial charge in [0.15, 0.2) is 0 Å². The second kappa shape index (κ2) is 7.92. The van der Waals surface area contributed by atoms with E-state index in [-0.39, 0.29) is 47.8 Å². The van der Waals surface area contributed by atoms with E-state index >= 15 is 0 Å². The molecule has 158 valence electrons. The number of fused-ring (bicyclic) bond motifs is 5. The molecule has 2 aliphatic carbocycles. The van der Waals surface area contributed by atoms with E-state index in [1.807, 2.05) is 24.3 Å². The molecule has 31 heavy (non-hydrogen) atoms. The number of hydrogen-bond donors (Lipinski definition) is 1. The number of benzene rings is 2. The van der Waals surface area contributed by atoms with Gasteiger partial charge in [-0.25, -0.2) is 0 Å². The van der Waals surface area contributed by atoms with E-state index < -0.39 is 6.04 Å². The summed E-state index contributed by atoms with van der Waals surface area (Å²) in [4.78, 5) is 41.0. The van der Waals surface area contributed by atoms with Crippen molar-refractivity contribution in [1.29, 1.82) is 0 Å². The highest BCUT2D eigenvalue weighted by atomic mass is 79.9. The van der Waals surface area contributed by atoms with E-state index in [4.69, 9.17) is 11.6 Å². The van der Waals surface area contributed by atoms with Crippen LogP contribution in [0.3, 0.4) is 0 Å². The Hall–Kier alpha value is -2.44. The number of carbonyl (C=O) groups is 3. The smallest absolute Gasteiger partial charge is 0.234 e. The average molecular weight is 500 g/mol. The molecule has 2 aromatic carbocycles. The lowest BCUT2D eigenvalue weighted by atomic mass is 9.85. The SMILES string of the molecule is O=C(CC(c1cccc(Br)c1)N1C(=O)C2C3C=CC(C3)C2C1=O)Nc1ccc(Cl)cc1. The maximum atomic E-state index is 13.4. The summed E-state index contributed by atoms with van der Waals surface area (Å²) < 4.78 is 0.828. The Kier molecular flexibility index (Phi) is 5.22. The number of nitrogens with one attached hydrogen (secondary N) is 1. The maximum Gasteiger partial charge on any atom is 0.234 e. The molecule has 5 nitrogen and oxygen atoms in total. The van der Waals surface area contributed by atoms with Crippen LogP contribution in [0.15, 0.2) is 65.2 Å². The summed E-state index contributed by atoms with van der Waals surface area (Å²) in [7, 11) is 0. The van der Waals surface area contributed by atoms with Gasteiger partial charge >= 0.3 is 0 Å². The molecule has 0 spiro atoms. The predicted octanol–water partition coefficient (Wildman–Crippen LogP) is 4.98. The predicted molar refractivity (Wildman–Crippen MR) is 121 cm³/mol. The Morgan fingerprint density at radius 2 is 1.71 bits per heavy atom. The van der Waals surface area contributed by atoms with Gasteiger partial charge in [-0.1, -0.05) is 51.8 Å². The molecule has 1 saturated carbocycles. The van der Waals surface area contributed by atoms with E-state index in [1.54, 1.807) is 24.3 Å². The summed E-state index contributed by atoms with van der Waals surface area (Å²) in [6, 6.07) is 13.6. The molecule has 1 heterocycles. The molecule has 3 aliphatic rings. The molecule has 2 fully saturated rings. The normalized spacial score (nSPS) is 27.0. The van der Waals surface area contributed by atoms with Crippen LogP contribution in [-0.4, -0.2) is 22.6 Å². The highest BCUT2D eigenvalue weighted by Gasteiger charge is 2.60. The van der Waals surface area contributed by atoms with Gasteiger partial charge in [0.1, 0.15) is 0 Å². The van der Waals surface area contributed by atoms with Crippen molar-refractivity contribution in [3.05, 3.63) is 75.7 Å². The Labute approximate surface area is 193 Å². The first-order valence-corrected chi connectivity index (χ1v) is 11.5. The minimum Gasteiger partial charge on any atom is -0.326 e. The van der Waals surface area contributed by atoms with Crippen LogP contribution >= 0.6 is 27.5 Å². The van der Waals surface area contributed by atoms with Crippen LogP contribution in [0.5, 0.6) is 0 Å². The minimum absolute atomic E-state index is 0.0151. The Morgan fingerprint density at radius 3 is 2.32 bits per heavy atom. The quantitative estimate of drug-likeness (QED) is 0.466. The van der Waals surface area contributed by atoms with Crippen LogP contribution in [0.1, 0.15) is 24.4 Å². The molecule has 1 N–H and O–H groups in total. The van der Waals surface area contributed by atoms with Crippen molar-refractivity contribution < 1.29 is 14.4 Å². The molecule has 7 heteroatoms. The zero-order valence-electron chi connectivity index (χ0n) is 16.5. The van der Waals surface area contributed by atoms with E-state index in [0.29, 0.717) is 10.7 Å². The fraction of sp³-hybridized carbons (Fsp3) is 0.292. The van der Waals surface area contributed by atoms with Gasteiger partial charge < -0.3 is 5.32 Å². The Balaban J connectivity index is 1.44. The highest BCUT2D eigenvalue weighted by Crippen LogP contribution is 2.54. The summed E-state index contributed by atoms with van der Waals surface area (Å²) in [5.74, 6) is -0.920. The molecular weight excluding hydrogens is 480 g/mol. The summed E-state index contributed by atoms with van der Waals surface area (Å²) >= 11 is 9.38. The van der Waals surface area contributed by atoms with Crippen LogP contribution < -0.4 is 5.32 Å². The standard InChI is InChI=1S/C24H20BrClN2O3/c25-16-3-1-2-13(11-16)19(12-20(29)27-18-8-6-17(26)7-9-18)28-23(30)21-14-4-5-15(10-14)22(21)24(28)31/h1-9,11,14-15,19,21-22H,10,12H2,(H,27,29). The van der Waals surface area contributed by atoms with Gasteiger partial charge in [0.05, 0.1) is 24.3 Å². The van der Waals surface area contributed by atoms with Crippen LogP contribution in [0, 0.1) is 23.7 Å². The monoisotopic (exact) mass is 498 g/mol. The number of carbonyl (C=O) groups excluding carboxylic acids is 3. The van der Waals surface area contributed by atoms with E-state index in [1.165, 1.54) is 4.90 Å². The fourth-order valence-electron chi connectivity index (χ4n) is 5.23. The fourth-order valence-corrected chi connectivity index (χ4v) is 5.77. The number of nitrogens with zero attached hydrogens (tertiary/aromatic N) is 1. The lowest BCUT2D eigenvalue weighted by Gasteiger charge is -2.28. The number of likely N-dealkylation sites (tertiary alicyclic amines) is 1. The van der Waals surface area contributed by atoms with E-state index in [9.17, 15) is 14.4 Å². The van der Waals surface area contributed by atoms with Crippen molar-refractivity contribution in [3.8, 4) is 0 Å². The number of rotatable bonds is 5. The van der Waals surface area contributed by atoms with E-state index in [2.05, 4.69) is 33.4 Å². The van der Waals surface area contributed by atoms with Crippen LogP contribution in [0.2, 0.25) is 5.02 Å². The van der Waals surface area contributed by atoms with Crippen molar-refractivity contribution in [1.82, 2.24) is 4.90 Å². The van der Waals surface area contributed by atoms with Gasteiger partial charge in [-0.2, -0.15) is 0 Å². The molecule has 1 saturated heterocycles. The first-order chi connectivity index (χ1) is 14.9. The highest BCUT2D eigenvalue weighted by molar-refractivity contribution is 9.10. The van der Waals surface area contributed by atoms with Gasteiger partial charge in [-0.3, -0.25) is 19.3 Å². The summed E-state index contributed by atoms with van der Waals surface area (Å²) in [5.41, 5.74) is 1.36. The number of allylic oxidation sites excluding steroid dienone is 2. The van der Waals surface area contributed by atoms with Gasteiger partial charge in [0.25, 0.3) is 0 Å². The average Bonchev–Trinajstić information content (AvgIpc) is 3.42. The molecule has 3 amide bonds. The maximum absolute atomic E-state index is 13.4. The zero-order chi connectivity index (χ0) is 21.7. The topological polar surface area (TPSA) is 66.5 Å². The molecule has 5 unspecified atom stereocenters. The number of hydrogen-bond acceptors (Lipinski definition) is 3. The first kappa shape index (κ1) is 20.5. The van der Waals surface area contributed by atoms with Crippen molar-refractivity contribution in [2.45, 2.75) is 18.9 Å². The van der Waals surface area contributed by atoms with Gasteiger partial charge in [0.2, 0.25) is 17.7 Å². The lowest BCUT2D eigenvalue weighted by molar-refractivity contribution is -0.144. The summed E-state index contributed by atoms with van der Waals surface area (Å²) in [6.45, 7) is 0. The second-order valence-electron chi connectivity index (χ2n) is 8.38. The molecule has 5 atom stereocenters. The lowest BCUT2D eigenvalue weighted by Crippen LogP contribution is -2.38. The summed E-state index contributed by atoms with van der Waals surface area (Å²) in [5, 5.41) is 3.42. The third-order valence-electron chi connectivity index (χ3n) is 6.56.